The van der Waals surface area contributed by atoms with Crippen LogP contribution in [0, 0.1) is 0 Å². The first-order valence-electron chi connectivity index (χ1n) is 7.04. The Bertz CT molecular complexity index is 852. The maximum atomic E-state index is 12.0. The summed E-state index contributed by atoms with van der Waals surface area (Å²) in [6, 6.07) is 14.0. The van der Waals surface area contributed by atoms with E-state index in [2.05, 4.69) is 25.7 Å². The van der Waals surface area contributed by atoms with Crippen molar-refractivity contribution >= 4 is 39.8 Å². The summed E-state index contributed by atoms with van der Waals surface area (Å²) in [5.74, 6) is -0.653. The largest absolute Gasteiger partial charge is 0.465 e. The number of benzene rings is 2. The van der Waals surface area contributed by atoms with Crippen LogP contribution in [0.2, 0.25) is 0 Å². The summed E-state index contributed by atoms with van der Waals surface area (Å²) >= 11 is 3.35. The number of halogens is 1. The van der Waals surface area contributed by atoms with Gasteiger partial charge < -0.3 is 9.47 Å². The Kier molecular flexibility index (Phi) is 4.57. The van der Waals surface area contributed by atoms with E-state index >= 15 is 0 Å². The fourth-order valence-corrected chi connectivity index (χ4v) is 2.38. The zero-order chi connectivity index (χ0) is 17.1. The third kappa shape index (κ3) is 3.44. The Balaban J connectivity index is 1.85. The van der Waals surface area contributed by atoms with Crippen molar-refractivity contribution in [3.05, 3.63) is 75.4 Å². The number of nitrogens with zero attached hydrogens (tertiary/aromatic N) is 1. The number of methoxy groups -OCH3 is 1. The Morgan fingerprint density at radius 1 is 1.12 bits per heavy atom. The van der Waals surface area contributed by atoms with E-state index in [0.717, 1.165) is 15.6 Å². The average Bonchev–Trinajstić information content (AvgIpc) is 2.96. The first-order chi connectivity index (χ1) is 11.6. The van der Waals surface area contributed by atoms with Gasteiger partial charge in [0, 0.05) is 10.0 Å². The number of esters is 2. The molecule has 0 radical (unpaired) electrons. The standard InChI is InChI=1S/C18H12BrNO4/c1-23-17(21)13-4-2-11(3-5-13)10-15-18(22)24-16(20-15)12-6-8-14(19)9-7-12/h2-10H,1H3/b15-10+. The molecule has 0 amide bonds. The van der Waals surface area contributed by atoms with Crippen molar-refractivity contribution in [3.63, 3.8) is 0 Å². The summed E-state index contributed by atoms with van der Waals surface area (Å²) in [5.41, 5.74) is 2.10. The molecule has 0 unspecified atom stereocenters. The van der Waals surface area contributed by atoms with Crippen LogP contribution >= 0.6 is 15.9 Å². The topological polar surface area (TPSA) is 65.0 Å². The van der Waals surface area contributed by atoms with Crippen LogP contribution in [0.15, 0.2) is 63.7 Å². The molecule has 1 aliphatic heterocycles. The van der Waals surface area contributed by atoms with Gasteiger partial charge in [0.1, 0.15) is 0 Å². The van der Waals surface area contributed by atoms with E-state index in [1.807, 2.05) is 24.3 Å². The van der Waals surface area contributed by atoms with E-state index in [0.29, 0.717) is 5.56 Å². The number of carbonyl (C=O) groups excluding carboxylic acids is 2. The lowest BCUT2D eigenvalue weighted by atomic mass is 10.1. The number of hydrogen-bond acceptors (Lipinski definition) is 5. The molecule has 0 N–H and O–H groups in total. The summed E-state index contributed by atoms with van der Waals surface area (Å²) in [6.45, 7) is 0. The van der Waals surface area contributed by atoms with Crippen LogP contribution in [0.5, 0.6) is 0 Å². The molecule has 0 saturated carbocycles. The normalized spacial score (nSPS) is 15.2. The minimum atomic E-state index is -0.509. The smallest absolute Gasteiger partial charge is 0.363 e. The van der Waals surface area contributed by atoms with Gasteiger partial charge in [0.15, 0.2) is 5.70 Å². The Hall–Kier alpha value is -2.73. The quantitative estimate of drug-likeness (QED) is 0.598. The van der Waals surface area contributed by atoms with Crippen molar-refractivity contribution in [1.29, 1.82) is 0 Å². The summed E-state index contributed by atoms with van der Waals surface area (Å²) < 4.78 is 10.8. The molecule has 2 aromatic rings. The van der Waals surface area contributed by atoms with Crippen LogP contribution in [0.25, 0.3) is 6.08 Å². The fraction of sp³-hybridized carbons (Fsp3) is 0.0556. The second kappa shape index (κ2) is 6.80. The molecule has 24 heavy (non-hydrogen) atoms. The number of ether oxygens (including phenoxy) is 2. The number of hydrogen-bond donors (Lipinski definition) is 0. The number of carbonyl (C=O) groups is 2. The highest BCUT2D eigenvalue weighted by molar-refractivity contribution is 9.10. The van der Waals surface area contributed by atoms with Crippen LogP contribution < -0.4 is 0 Å². The van der Waals surface area contributed by atoms with Gasteiger partial charge in [-0.1, -0.05) is 28.1 Å². The van der Waals surface area contributed by atoms with Gasteiger partial charge in [-0.15, -0.1) is 0 Å². The molecule has 0 spiro atoms. The third-order valence-corrected chi connectivity index (χ3v) is 3.88. The molecular weight excluding hydrogens is 374 g/mol. The maximum absolute atomic E-state index is 12.0. The van der Waals surface area contributed by atoms with E-state index in [-0.39, 0.29) is 11.6 Å². The predicted octanol–water partition coefficient (Wildman–Crippen LogP) is 3.58. The zero-order valence-electron chi connectivity index (χ0n) is 12.7. The monoisotopic (exact) mass is 385 g/mol. The van der Waals surface area contributed by atoms with Crippen molar-refractivity contribution < 1.29 is 19.1 Å². The first kappa shape index (κ1) is 16.1. The molecule has 1 aliphatic rings. The summed E-state index contributed by atoms with van der Waals surface area (Å²) in [6.07, 6.45) is 1.61. The van der Waals surface area contributed by atoms with E-state index in [1.54, 1.807) is 30.3 Å². The van der Waals surface area contributed by atoms with Crippen LogP contribution in [-0.2, 0) is 14.3 Å². The second-order valence-electron chi connectivity index (χ2n) is 4.96. The molecule has 6 heteroatoms. The molecule has 0 aromatic heterocycles. The van der Waals surface area contributed by atoms with Crippen molar-refractivity contribution in [2.45, 2.75) is 0 Å². The minimum absolute atomic E-state index is 0.207. The van der Waals surface area contributed by atoms with Crippen molar-refractivity contribution in [2.24, 2.45) is 4.99 Å². The van der Waals surface area contributed by atoms with Crippen LogP contribution in [0.4, 0.5) is 0 Å². The number of aliphatic imine (C=N–C) groups is 1. The van der Waals surface area contributed by atoms with E-state index < -0.39 is 11.9 Å². The SMILES string of the molecule is COC(=O)c1ccc(/C=C2/N=C(c3ccc(Br)cc3)OC2=O)cc1. The molecule has 120 valence electrons. The maximum Gasteiger partial charge on any atom is 0.363 e. The zero-order valence-corrected chi connectivity index (χ0v) is 14.2. The molecule has 5 nitrogen and oxygen atoms in total. The van der Waals surface area contributed by atoms with Crippen molar-refractivity contribution in [3.8, 4) is 0 Å². The van der Waals surface area contributed by atoms with Crippen LogP contribution in [0.3, 0.4) is 0 Å². The van der Waals surface area contributed by atoms with Gasteiger partial charge in [-0.25, -0.2) is 14.6 Å². The summed E-state index contributed by atoms with van der Waals surface area (Å²) in [5, 5.41) is 0. The highest BCUT2D eigenvalue weighted by Crippen LogP contribution is 2.20. The highest BCUT2D eigenvalue weighted by Gasteiger charge is 2.24. The Morgan fingerprint density at radius 2 is 1.79 bits per heavy atom. The lowest BCUT2D eigenvalue weighted by Crippen LogP contribution is -2.05. The van der Waals surface area contributed by atoms with E-state index in [4.69, 9.17) is 4.74 Å². The molecule has 0 saturated heterocycles. The molecule has 0 fully saturated rings. The fourth-order valence-electron chi connectivity index (χ4n) is 2.12. The van der Waals surface area contributed by atoms with Gasteiger partial charge in [0.25, 0.3) is 0 Å². The number of cyclic esters (lactones) is 1. The van der Waals surface area contributed by atoms with Crippen LogP contribution in [0.1, 0.15) is 21.5 Å². The highest BCUT2D eigenvalue weighted by atomic mass is 79.9. The van der Waals surface area contributed by atoms with Crippen LogP contribution in [-0.4, -0.2) is 24.9 Å². The van der Waals surface area contributed by atoms with Gasteiger partial charge in [0.2, 0.25) is 5.90 Å². The van der Waals surface area contributed by atoms with Gasteiger partial charge in [0.05, 0.1) is 12.7 Å². The molecule has 2 aromatic carbocycles. The van der Waals surface area contributed by atoms with Gasteiger partial charge in [-0.05, 0) is 48.0 Å². The molecule has 1 heterocycles. The van der Waals surface area contributed by atoms with Gasteiger partial charge in [-0.3, -0.25) is 0 Å². The number of rotatable bonds is 3. The summed E-state index contributed by atoms with van der Waals surface area (Å²) in [7, 11) is 1.32. The molecule has 0 bridgehead atoms. The Labute approximate surface area is 146 Å². The molecule has 0 aliphatic carbocycles. The second-order valence-corrected chi connectivity index (χ2v) is 5.87. The molecular formula is C18H12BrNO4. The van der Waals surface area contributed by atoms with E-state index in [1.165, 1.54) is 7.11 Å². The lowest BCUT2D eigenvalue weighted by molar-refractivity contribution is -0.129. The lowest BCUT2D eigenvalue weighted by Gasteiger charge is -1.99. The van der Waals surface area contributed by atoms with Gasteiger partial charge >= 0.3 is 11.9 Å². The molecule has 3 rings (SSSR count). The van der Waals surface area contributed by atoms with Crippen molar-refractivity contribution in [2.75, 3.05) is 7.11 Å². The average molecular weight is 386 g/mol. The predicted molar refractivity (Wildman–Crippen MR) is 92.5 cm³/mol. The van der Waals surface area contributed by atoms with Crippen molar-refractivity contribution in [1.82, 2.24) is 0 Å². The van der Waals surface area contributed by atoms with Gasteiger partial charge in [-0.2, -0.15) is 0 Å². The molecule has 0 atom stereocenters. The Morgan fingerprint density at radius 3 is 2.42 bits per heavy atom. The first-order valence-corrected chi connectivity index (χ1v) is 7.83. The van der Waals surface area contributed by atoms with E-state index in [9.17, 15) is 9.59 Å². The third-order valence-electron chi connectivity index (χ3n) is 3.35. The summed E-state index contributed by atoms with van der Waals surface area (Å²) in [4.78, 5) is 27.6. The minimum Gasteiger partial charge on any atom is -0.465 e.